The van der Waals surface area contributed by atoms with Crippen LogP contribution in [0.5, 0.6) is 0 Å². The molecule has 0 aromatic heterocycles. The monoisotopic (exact) mass is 214 g/mol. The molecule has 0 atom stereocenters. The van der Waals surface area contributed by atoms with Gasteiger partial charge < -0.3 is 5.73 Å². The van der Waals surface area contributed by atoms with E-state index >= 15 is 0 Å². The van der Waals surface area contributed by atoms with Gasteiger partial charge in [-0.1, -0.05) is 0 Å². The fraction of sp³-hybridized carbons (Fsp3) is 0.909. The van der Waals surface area contributed by atoms with Crippen LogP contribution in [0.25, 0.3) is 0 Å². The molecule has 0 aliphatic heterocycles. The Balaban J connectivity index is 2.48. The average molecular weight is 214 g/mol. The number of nitrogens with two attached hydrogens (primary N) is 1. The number of amides is 1. The molecule has 1 saturated carbocycles. The van der Waals surface area contributed by atoms with Gasteiger partial charge in [0, 0.05) is 6.04 Å². The highest BCUT2D eigenvalue weighted by atomic mass is 16.7. The van der Waals surface area contributed by atoms with E-state index in [1.165, 1.54) is 5.06 Å². The molecule has 88 valence electrons. The Kier molecular flexibility index (Phi) is 4.11. The fourth-order valence-electron chi connectivity index (χ4n) is 1.85. The first-order valence-corrected chi connectivity index (χ1v) is 5.61. The van der Waals surface area contributed by atoms with Crippen LogP contribution in [0.4, 0.5) is 0 Å². The summed E-state index contributed by atoms with van der Waals surface area (Å²) in [5.41, 5.74) is 5.50. The number of carbonyl (C=O) groups excluding carboxylic acids is 1. The van der Waals surface area contributed by atoms with Crippen molar-refractivity contribution in [2.75, 3.05) is 0 Å². The minimum Gasteiger partial charge on any atom is -0.328 e. The summed E-state index contributed by atoms with van der Waals surface area (Å²) in [6, 6.07) is 0.492. The predicted molar refractivity (Wildman–Crippen MR) is 59.0 cm³/mol. The Morgan fingerprint density at radius 3 is 2.20 bits per heavy atom. The fourth-order valence-corrected chi connectivity index (χ4v) is 1.85. The molecule has 15 heavy (non-hydrogen) atoms. The van der Waals surface area contributed by atoms with E-state index in [1.807, 2.05) is 20.8 Å². The maximum Gasteiger partial charge on any atom is 0.233 e. The van der Waals surface area contributed by atoms with Gasteiger partial charge in [0.15, 0.2) is 0 Å². The van der Waals surface area contributed by atoms with Crippen molar-refractivity contribution < 1.29 is 9.63 Å². The van der Waals surface area contributed by atoms with Crippen molar-refractivity contribution in [3.63, 3.8) is 0 Å². The molecule has 1 aliphatic rings. The molecule has 0 radical (unpaired) electrons. The number of carbonyl (C=O) groups is 1. The molecule has 0 bridgehead atoms. The minimum atomic E-state index is -0.319. The third-order valence-corrected chi connectivity index (χ3v) is 2.58. The van der Waals surface area contributed by atoms with Crippen LogP contribution in [0.1, 0.15) is 46.5 Å². The molecule has 0 aromatic carbocycles. The first-order chi connectivity index (χ1) is 6.92. The normalized spacial score (nSPS) is 27.5. The van der Waals surface area contributed by atoms with Gasteiger partial charge in [0.2, 0.25) is 6.41 Å². The van der Waals surface area contributed by atoms with Gasteiger partial charge >= 0.3 is 0 Å². The van der Waals surface area contributed by atoms with Crippen molar-refractivity contribution in [2.45, 2.75) is 64.1 Å². The third-order valence-electron chi connectivity index (χ3n) is 2.58. The second kappa shape index (κ2) is 4.94. The van der Waals surface area contributed by atoms with Gasteiger partial charge in [-0.25, -0.2) is 5.06 Å². The van der Waals surface area contributed by atoms with E-state index in [9.17, 15) is 4.79 Å². The molecule has 0 unspecified atom stereocenters. The maximum atomic E-state index is 10.9. The van der Waals surface area contributed by atoms with Crippen LogP contribution in [-0.2, 0) is 9.63 Å². The van der Waals surface area contributed by atoms with E-state index in [0.717, 1.165) is 32.1 Å². The predicted octanol–water partition coefficient (Wildman–Crippen LogP) is 1.44. The molecular weight excluding hydrogens is 192 g/mol. The van der Waals surface area contributed by atoms with Gasteiger partial charge in [0.25, 0.3) is 0 Å². The smallest absolute Gasteiger partial charge is 0.233 e. The first kappa shape index (κ1) is 12.5. The minimum absolute atomic E-state index is 0.196. The number of hydrogen-bond acceptors (Lipinski definition) is 3. The molecule has 1 rings (SSSR count). The Labute approximate surface area is 91.7 Å². The summed E-state index contributed by atoms with van der Waals surface area (Å²) in [4.78, 5) is 16.5. The van der Waals surface area contributed by atoms with Crippen LogP contribution in [0, 0.1) is 0 Å². The molecule has 1 amide bonds. The van der Waals surface area contributed by atoms with Gasteiger partial charge in [-0.3, -0.25) is 9.63 Å². The third kappa shape index (κ3) is 4.18. The zero-order valence-electron chi connectivity index (χ0n) is 9.90. The summed E-state index contributed by atoms with van der Waals surface area (Å²) < 4.78 is 0. The van der Waals surface area contributed by atoms with Crippen molar-refractivity contribution in [3.8, 4) is 0 Å². The Bertz CT molecular complexity index is 205. The molecule has 1 fully saturated rings. The summed E-state index contributed by atoms with van der Waals surface area (Å²) in [5, 5.41) is 1.46. The largest absolute Gasteiger partial charge is 0.328 e. The van der Waals surface area contributed by atoms with Crippen LogP contribution in [0.3, 0.4) is 0 Å². The lowest BCUT2D eigenvalue weighted by atomic mass is 9.92. The zero-order chi connectivity index (χ0) is 11.5. The summed E-state index contributed by atoms with van der Waals surface area (Å²) in [7, 11) is 0. The van der Waals surface area contributed by atoms with E-state index < -0.39 is 0 Å². The van der Waals surface area contributed by atoms with E-state index in [4.69, 9.17) is 10.6 Å². The number of hydroxylamine groups is 2. The van der Waals surface area contributed by atoms with Gasteiger partial charge in [0.1, 0.15) is 0 Å². The SMILES string of the molecule is CC(C)(C)ON(C=O)C1CCC(N)CC1. The van der Waals surface area contributed by atoms with E-state index in [-0.39, 0.29) is 11.6 Å². The Morgan fingerprint density at radius 1 is 1.27 bits per heavy atom. The lowest BCUT2D eigenvalue weighted by Crippen LogP contribution is -2.43. The topological polar surface area (TPSA) is 55.6 Å². The van der Waals surface area contributed by atoms with Crippen LogP contribution in [0.2, 0.25) is 0 Å². The molecule has 4 heteroatoms. The highest BCUT2D eigenvalue weighted by molar-refractivity contribution is 5.45. The molecule has 0 heterocycles. The zero-order valence-corrected chi connectivity index (χ0v) is 9.90. The molecule has 4 nitrogen and oxygen atoms in total. The second-order valence-corrected chi connectivity index (χ2v) is 5.24. The van der Waals surface area contributed by atoms with Crippen molar-refractivity contribution >= 4 is 6.41 Å². The van der Waals surface area contributed by atoms with Gasteiger partial charge in [-0.2, -0.15) is 0 Å². The molecule has 0 spiro atoms. The molecule has 1 aliphatic carbocycles. The van der Waals surface area contributed by atoms with Crippen LogP contribution in [0.15, 0.2) is 0 Å². The van der Waals surface area contributed by atoms with Gasteiger partial charge in [-0.05, 0) is 46.5 Å². The summed E-state index contributed by atoms with van der Waals surface area (Å²) in [5.74, 6) is 0. The van der Waals surface area contributed by atoms with Crippen molar-refractivity contribution in [2.24, 2.45) is 5.73 Å². The lowest BCUT2D eigenvalue weighted by Gasteiger charge is -2.36. The summed E-state index contributed by atoms with van der Waals surface area (Å²) in [6.45, 7) is 5.83. The van der Waals surface area contributed by atoms with Crippen LogP contribution in [-0.4, -0.2) is 29.2 Å². The molecule has 0 aromatic rings. The van der Waals surface area contributed by atoms with E-state index in [0.29, 0.717) is 6.04 Å². The molecular formula is C11H22N2O2. The van der Waals surface area contributed by atoms with E-state index in [1.54, 1.807) is 0 Å². The Hall–Kier alpha value is -0.610. The quantitative estimate of drug-likeness (QED) is 0.571. The lowest BCUT2D eigenvalue weighted by molar-refractivity contribution is -0.235. The number of hydrogen-bond donors (Lipinski definition) is 1. The van der Waals surface area contributed by atoms with Crippen molar-refractivity contribution in [1.82, 2.24) is 5.06 Å². The number of rotatable bonds is 3. The highest BCUT2D eigenvalue weighted by Crippen LogP contribution is 2.23. The molecule has 0 saturated heterocycles. The Morgan fingerprint density at radius 2 is 1.80 bits per heavy atom. The van der Waals surface area contributed by atoms with E-state index in [2.05, 4.69) is 0 Å². The van der Waals surface area contributed by atoms with Crippen LogP contribution >= 0.6 is 0 Å². The average Bonchev–Trinajstić information content (AvgIpc) is 2.14. The summed E-state index contributed by atoms with van der Waals surface area (Å²) in [6.07, 6.45) is 4.61. The van der Waals surface area contributed by atoms with Crippen LogP contribution < -0.4 is 5.73 Å². The first-order valence-electron chi connectivity index (χ1n) is 5.61. The maximum absolute atomic E-state index is 10.9. The van der Waals surface area contributed by atoms with Crippen molar-refractivity contribution in [3.05, 3.63) is 0 Å². The summed E-state index contributed by atoms with van der Waals surface area (Å²) >= 11 is 0. The van der Waals surface area contributed by atoms with Crippen molar-refractivity contribution in [1.29, 1.82) is 0 Å². The number of nitrogens with zero attached hydrogens (tertiary/aromatic N) is 1. The standard InChI is InChI=1S/C11H22N2O2/c1-11(2,3)15-13(8-14)10-6-4-9(12)5-7-10/h8-10H,4-7,12H2,1-3H3. The van der Waals surface area contributed by atoms with Gasteiger partial charge in [0.05, 0.1) is 11.6 Å². The second-order valence-electron chi connectivity index (χ2n) is 5.24. The molecule has 2 N–H and O–H groups in total. The highest BCUT2D eigenvalue weighted by Gasteiger charge is 2.27. The van der Waals surface area contributed by atoms with Gasteiger partial charge in [-0.15, -0.1) is 0 Å².